The summed E-state index contributed by atoms with van der Waals surface area (Å²) in [5.41, 5.74) is 3.37. The van der Waals surface area contributed by atoms with Crippen LogP contribution < -0.4 is 14.8 Å². The fraction of sp³-hybridized carbons (Fsp3) is 0.594. The summed E-state index contributed by atoms with van der Waals surface area (Å²) in [4.78, 5) is 14.3. The largest absolute Gasteiger partial charge is 0.490 e. The molecule has 3 N–H and O–H groups in total. The lowest BCUT2D eigenvalue weighted by Gasteiger charge is -2.47. The summed E-state index contributed by atoms with van der Waals surface area (Å²) in [7, 11) is -3.64. The van der Waals surface area contributed by atoms with E-state index in [4.69, 9.17) is 31.0 Å². The number of nitrogens with two attached hydrogens (primary N) is 1. The van der Waals surface area contributed by atoms with E-state index in [0.29, 0.717) is 30.8 Å². The first-order valence-electron chi connectivity index (χ1n) is 15.3. The summed E-state index contributed by atoms with van der Waals surface area (Å²) in [6, 6.07) is 11.4. The summed E-state index contributed by atoms with van der Waals surface area (Å²) in [5.74, 6) is 0.451. The maximum atomic E-state index is 12.0. The highest BCUT2D eigenvalue weighted by Crippen LogP contribution is 2.47. The molecule has 1 saturated carbocycles. The molecule has 2 aliphatic heterocycles. The molecule has 0 aromatic heterocycles. The monoisotopic (exact) mass is 632 g/mol. The van der Waals surface area contributed by atoms with Crippen LogP contribution in [0.3, 0.4) is 0 Å². The van der Waals surface area contributed by atoms with Crippen molar-refractivity contribution >= 4 is 33.3 Å². The van der Waals surface area contributed by atoms with Crippen LogP contribution in [0, 0.1) is 11.8 Å². The Hall–Kier alpha value is -2.37. The highest BCUT2D eigenvalue weighted by atomic mass is 35.5. The number of primary sulfonamides is 1. The van der Waals surface area contributed by atoms with Crippen molar-refractivity contribution in [1.82, 2.24) is 0 Å². The minimum absolute atomic E-state index is 0.0295. The summed E-state index contributed by atoms with van der Waals surface area (Å²) in [6.45, 7) is 4.24. The van der Waals surface area contributed by atoms with Crippen LogP contribution in [-0.4, -0.2) is 69.9 Å². The van der Waals surface area contributed by atoms with E-state index in [2.05, 4.69) is 17.0 Å². The third-order valence-corrected chi connectivity index (χ3v) is 11.6. The fourth-order valence-corrected chi connectivity index (χ4v) is 7.92. The number of hydrogen-bond donors (Lipinski definition) is 2. The van der Waals surface area contributed by atoms with Crippen LogP contribution in [0.1, 0.15) is 66.9 Å². The number of hydrogen-bond acceptors (Lipinski definition) is 7. The standard InChI is InChI=1S/C32H41ClN2O7S/c1-20(43(34,38)39)17-41-25-10-12-40-30(15-25)26-7-4-23(26)16-35-18-32(11-2-3-21-13-24(33)6-8-27(21)32)19-42-29-9-5-22(31(36)37)14-28(29)35/h5-6,8-9,13-14,20,23,25-26,30H,2-4,7,10-12,15-19H2,1H3,(H,36,37)(H2,34,38,39)/t20?,23-,25+,26+,30-,32-/m0/s1. The molecular formula is C32H41ClN2O7S. The van der Waals surface area contributed by atoms with Gasteiger partial charge in [-0.05, 0) is 98.7 Å². The van der Waals surface area contributed by atoms with Crippen LogP contribution in [0.25, 0.3) is 0 Å². The number of aromatic carboxylic acids is 1. The molecule has 6 atom stereocenters. The molecule has 1 saturated heterocycles. The molecule has 4 aliphatic rings. The van der Waals surface area contributed by atoms with Gasteiger partial charge in [0, 0.05) is 36.6 Å². The average molecular weight is 633 g/mol. The lowest BCUT2D eigenvalue weighted by molar-refractivity contribution is -0.116. The van der Waals surface area contributed by atoms with Gasteiger partial charge in [-0.3, -0.25) is 0 Å². The van der Waals surface area contributed by atoms with Crippen molar-refractivity contribution in [2.75, 3.05) is 37.8 Å². The predicted molar refractivity (Wildman–Crippen MR) is 165 cm³/mol. The van der Waals surface area contributed by atoms with Crippen molar-refractivity contribution in [2.45, 2.75) is 74.7 Å². The van der Waals surface area contributed by atoms with Crippen LogP contribution >= 0.6 is 11.6 Å². The van der Waals surface area contributed by atoms with Gasteiger partial charge in [-0.2, -0.15) is 0 Å². The fourth-order valence-electron chi connectivity index (χ4n) is 7.45. The summed E-state index contributed by atoms with van der Waals surface area (Å²) in [5, 5.41) is 15.1. The van der Waals surface area contributed by atoms with Crippen molar-refractivity contribution in [3.8, 4) is 5.75 Å². The molecule has 234 valence electrons. The maximum Gasteiger partial charge on any atom is 0.335 e. The molecule has 0 bridgehead atoms. The Morgan fingerprint density at radius 2 is 2.07 bits per heavy atom. The van der Waals surface area contributed by atoms with Crippen LogP contribution in [0.5, 0.6) is 5.75 Å². The van der Waals surface area contributed by atoms with Gasteiger partial charge in [0.2, 0.25) is 10.0 Å². The van der Waals surface area contributed by atoms with E-state index in [1.165, 1.54) is 11.1 Å². The zero-order valence-electron chi connectivity index (χ0n) is 24.5. The van der Waals surface area contributed by atoms with Crippen LogP contribution in [0.15, 0.2) is 36.4 Å². The van der Waals surface area contributed by atoms with Crippen molar-refractivity contribution in [3.05, 3.63) is 58.1 Å². The molecular weight excluding hydrogens is 592 g/mol. The van der Waals surface area contributed by atoms with Gasteiger partial charge in [0.05, 0.1) is 41.9 Å². The predicted octanol–water partition coefficient (Wildman–Crippen LogP) is 4.78. The second-order valence-corrected chi connectivity index (χ2v) is 15.3. The van der Waals surface area contributed by atoms with E-state index in [-0.39, 0.29) is 29.8 Å². The Morgan fingerprint density at radius 3 is 2.81 bits per heavy atom. The van der Waals surface area contributed by atoms with Crippen molar-refractivity contribution in [2.24, 2.45) is 17.0 Å². The summed E-state index contributed by atoms with van der Waals surface area (Å²) < 4.78 is 42.0. The molecule has 11 heteroatoms. The molecule has 0 amide bonds. The van der Waals surface area contributed by atoms with E-state index in [1.54, 1.807) is 25.1 Å². The number of halogens is 1. The van der Waals surface area contributed by atoms with Gasteiger partial charge >= 0.3 is 5.97 Å². The lowest BCUT2D eigenvalue weighted by Crippen LogP contribution is -2.51. The van der Waals surface area contributed by atoms with Crippen molar-refractivity contribution in [1.29, 1.82) is 0 Å². The second-order valence-electron chi connectivity index (χ2n) is 12.9. The topological polar surface area (TPSA) is 128 Å². The molecule has 1 spiro atoms. The van der Waals surface area contributed by atoms with Crippen molar-refractivity contribution in [3.63, 3.8) is 0 Å². The number of nitrogens with zero attached hydrogens (tertiary/aromatic N) is 1. The number of ether oxygens (including phenoxy) is 3. The van der Waals surface area contributed by atoms with E-state index in [9.17, 15) is 18.3 Å². The molecule has 2 aromatic carbocycles. The Morgan fingerprint density at radius 1 is 1.23 bits per heavy atom. The number of aryl methyl sites for hydroxylation is 1. The minimum atomic E-state index is -3.64. The maximum absolute atomic E-state index is 12.0. The van der Waals surface area contributed by atoms with Gasteiger partial charge in [0.15, 0.2) is 0 Å². The zero-order valence-corrected chi connectivity index (χ0v) is 26.1. The van der Waals surface area contributed by atoms with Crippen molar-refractivity contribution < 1.29 is 32.5 Å². The van der Waals surface area contributed by atoms with Crippen LogP contribution in [0.4, 0.5) is 5.69 Å². The van der Waals surface area contributed by atoms with Gasteiger partial charge < -0.3 is 24.2 Å². The zero-order chi connectivity index (χ0) is 30.4. The number of carboxylic acid groups (broad SMARTS) is 1. The first-order chi connectivity index (χ1) is 20.5. The number of benzene rings is 2. The number of fused-ring (bicyclic) bond motifs is 3. The number of sulfonamides is 1. The Balaban J connectivity index is 1.23. The first kappa shape index (κ1) is 30.6. The van der Waals surface area contributed by atoms with Gasteiger partial charge in [0.25, 0.3) is 0 Å². The van der Waals surface area contributed by atoms with Crippen LogP contribution in [0.2, 0.25) is 5.02 Å². The number of rotatable bonds is 8. The third kappa shape index (κ3) is 6.40. The average Bonchev–Trinajstić information content (AvgIpc) is 3.10. The molecule has 43 heavy (non-hydrogen) atoms. The molecule has 2 aromatic rings. The molecule has 0 radical (unpaired) electrons. The van der Waals surface area contributed by atoms with Gasteiger partial charge in [-0.25, -0.2) is 18.4 Å². The lowest BCUT2D eigenvalue weighted by atomic mass is 9.67. The van der Waals surface area contributed by atoms with E-state index >= 15 is 0 Å². The number of anilines is 1. The third-order valence-electron chi connectivity index (χ3n) is 10.1. The highest BCUT2D eigenvalue weighted by Gasteiger charge is 2.45. The van der Waals surface area contributed by atoms with E-state index in [1.807, 2.05) is 6.07 Å². The number of carbonyl (C=O) groups is 1. The normalized spacial score (nSPS) is 29.5. The smallest absolute Gasteiger partial charge is 0.335 e. The summed E-state index contributed by atoms with van der Waals surface area (Å²) in [6.07, 6.45) is 6.52. The first-order valence-corrected chi connectivity index (χ1v) is 17.3. The van der Waals surface area contributed by atoms with Crippen LogP contribution in [-0.2, 0) is 31.3 Å². The molecule has 2 fully saturated rings. The highest BCUT2D eigenvalue weighted by molar-refractivity contribution is 7.89. The number of carboxylic acids is 1. The Kier molecular flexibility index (Phi) is 8.69. The second kappa shape index (κ2) is 12.2. The van der Waals surface area contributed by atoms with Gasteiger partial charge in [-0.1, -0.05) is 17.7 Å². The SMILES string of the molecule is CC(CO[C@@H]1CCO[C@H]([C@@H]2CC[C@H]2CN2C[C@@]3(CCCc4cc(Cl)ccc43)COc3ccc(C(=O)O)cc32)C1)S(N)(=O)=O. The quantitative estimate of drug-likeness (QED) is 0.426. The molecule has 9 nitrogen and oxygen atoms in total. The van der Waals surface area contributed by atoms with Gasteiger partial charge in [-0.15, -0.1) is 0 Å². The molecule has 6 rings (SSSR count). The van der Waals surface area contributed by atoms with E-state index in [0.717, 1.165) is 68.7 Å². The molecule has 2 aliphatic carbocycles. The van der Waals surface area contributed by atoms with Gasteiger partial charge in [0.1, 0.15) is 5.75 Å². The molecule has 1 unspecified atom stereocenters. The minimum Gasteiger partial charge on any atom is -0.490 e. The molecule has 2 heterocycles. The Bertz CT molecular complexity index is 1470. The Labute approximate surface area is 258 Å². The van der Waals surface area contributed by atoms with E-state index < -0.39 is 21.2 Å². The summed E-state index contributed by atoms with van der Waals surface area (Å²) >= 11 is 6.38.